The lowest BCUT2D eigenvalue weighted by molar-refractivity contribution is -0.107. The van der Waals surface area contributed by atoms with E-state index in [1.165, 1.54) is 25.9 Å². The molecule has 9 heteroatoms. The Balaban J connectivity index is 0.000000270. The van der Waals surface area contributed by atoms with E-state index in [0.717, 1.165) is 59.2 Å². The van der Waals surface area contributed by atoms with E-state index in [0.29, 0.717) is 6.42 Å². The molecule has 0 aromatic carbocycles. The third-order valence-corrected chi connectivity index (χ3v) is 7.56. The molecule has 5 heterocycles. The number of rotatable bonds is 6. The summed E-state index contributed by atoms with van der Waals surface area (Å²) in [6.45, 7) is 8.29. The predicted molar refractivity (Wildman–Crippen MR) is 152 cm³/mol. The standard InChI is InChI=1S/C21H22N4O2.C7H16N2S/c1-14-12-25(13-15(2)27-14)21-5-3-4-18(24-21)19-7-6-16-11-22-17(8-9-26)10-20(16)23-19;1-8-7-4-3-5-9(6-7)10-2/h3-7,9-11,14-15H,8,12-13H2,1-2H3;7-8H,3-6H2,1-2H3. The Morgan fingerprint density at radius 3 is 2.62 bits per heavy atom. The van der Waals surface area contributed by atoms with Gasteiger partial charge in [-0.1, -0.05) is 18.0 Å². The number of aromatic nitrogens is 3. The van der Waals surface area contributed by atoms with E-state index in [9.17, 15) is 4.79 Å². The highest BCUT2D eigenvalue weighted by Gasteiger charge is 2.23. The minimum Gasteiger partial charge on any atom is -0.372 e. The number of fused-ring (bicyclic) bond motifs is 1. The first kappa shape index (κ1) is 27.4. The number of carbonyl (C=O) groups is 1. The second-order valence-electron chi connectivity index (χ2n) is 9.68. The number of likely N-dealkylation sites (N-methyl/N-ethyl adjacent to an activating group) is 1. The fraction of sp³-hybridized carbons (Fsp3) is 0.500. The van der Waals surface area contributed by atoms with Crippen LogP contribution in [0.1, 0.15) is 32.4 Å². The van der Waals surface area contributed by atoms with Crippen LogP contribution in [0.3, 0.4) is 0 Å². The molecule has 2 aliphatic rings. The van der Waals surface area contributed by atoms with Crippen LogP contribution in [-0.2, 0) is 16.0 Å². The van der Waals surface area contributed by atoms with Gasteiger partial charge in [0.15, 0.2) is 0 Å². The summed E-state index contributed by atoms with van der Waals surface area (Å²) >= 11 is 1.86. The largest absolute Gasteiger partial charge is 0.372 e. The van der Waals surface area contributed by atoms with Crippen LogP contribution in [0.15, 0.2) is 42.6 Å². The average Bonchev–Trinajstić information content (AvgIpc) is 2.93. The maximum atomic E-state index is 10.7. The first-order valence-corrected chi connectivity index (χ1v) is 14.2. The molecule has 1 N–H and O–H groups in total. The minimum atomic E-state index is 0.182. The summed E-state index contributed by atoms with van der Waals surface area (Å²) in [5.74, 6) is 0.938. The van der Waals surface area contributed by atoms with Gasteiger partial charge in [-0.2, -0.15) is 0 Å². The van der Waals surface area contributed by atoms with Gasteiger partial charge in [0.2, 0.25) is 0 Å². The summed E-state index contributed by atoms with van der Waals surface area (Å²) in [5.41, 5.74) is 3.18. The lowest BCUT2D eigenvalue weighted by Crippen LogP contribution is -2.45. The number of nitrogens with one attached hydrogen (secondary N) is 1. The van der Waals surface area contributed by atoms with Gasteiger partial charge >= 0.3 is 0 Å². The molecular formula is C28H38N6O2S. The summed E-state index contributed by atoms with van der Waals surface area (Å²) in [6.07, 6.45) is 8.10. The molecule has 2 saturated heterocycles. The minimum absolute atomic E-state index is 0.182. The monoisotopic (exact) mass is 522 g/mol. The Kier molecular flexibility index (Phi) is 9.85. The number of pyridine rings is 3. The number of carbonyl (C=O) groups excluding carboxylic acids is 1. The second-order valence-corrected chi connectivity index (χ2v) is 10.6. The molecular weight excluding hydrogens is 484 g/mol. The Morgan fingerprint density at radius 1 is 1.11 bits per heavy atom. The summed E-state index contributed by atoms with van der Waals surface area (Å²) < 4.78 is 8.24. The zero-order valence-electron chi connectivity index (χ0n) is 22.3. The van der Waals surface area contributed by atoms with Gasteiger partial charge in [-0.25, -0.2) is 14.3 Å². The Morgan fingerprint density at radius 2 is 1.89 bits per heavy atom. The van der Waals surface area contributed by atoms with Crippen LogP contribution in [0.4, 0.5) is 5.82 Å². The van der Waals surface area contributed by atoms with Gasteiger partial charge in [-0.15, -0.1) is 0 Å². The van der Waals surface area contributed by atoms with Crippen molar-refractivity contribution in [2.45, 2.75) is 51.4 Å². The number of ether oxygens (including phenoxy) is 1. The highest BCUT2D eigenvalue weighted by molar-refractivity contribution is 7.96. The summed E-state index contributed by atoms with van der Waals surface area (Å²) in [6, 6.07) is 12.5. The van der Waals surface area contributed by atoms with Gasteiger partial charge in [-0.05, 0) is 70.3 Å². The first-order chi connectivity index (χ1) is 18.0. The van der Waals surface area contributed by atoms with Gasteiger partial charge in [0.1, 0.15) is 12.1 Å². The molecule has 5 rings (SSSR count). The van der Waals surface area contributed by atoms with Gasteiger partial charge in [0, 0.05) is 55.9 Å². The van der Waals surface area contributed by atoms with E-state index >= 15 is 0 Å². The topological polar surface area (TPSA) is 83.5 Å². The molecule has 3 unspecified atom stereocenters. The van der Waals surface area contributed by atoms with Gasteiger partial charge in [-0.3, -0.25) is 4.98 Å². The maximum absolute atomic E-state index is 10.7. The quantitative estimate of drug-likeness (QED) is 0.382. The van der Waals surface area contributed by atoms with E-state index in [-0.39, 0.29) is 12.2 Å². The number of hydrogen-bond acceptors (Lipinski definition) is 9. The van der Waals surface area contributed by atoms with Crippen LogP contribution in [-0.4, -0.2) is 83.3 Å². The highest BCUT2D eigenvalue weighted by Crippen LogP contribution is 2.24. The van der Waals surface area contributed by atoms with E-state index in [4.69, 9.17) is 14.7 Å². The van der Waals surface area contributed by atoms with Crippen LogP contribution >= 0.6 is 11.9 Å². The molecule has 2 aliphatic heterocycles. The van der Waals surface area contributed by atoms with Crippen molar-refractivity contribution in [3.05, 3.63) is 48.3 Å². The molecule has 3 aromatic rings. The summed E-state index contributed by atoms with van der Waals surface area (Å²) in [5, 5.41) is 4.26. The Bertz CT molecular complexity index is 1160. The fourth-order valence-corrected chi connectivity index (χ4v) is 5.49. The van der Waals surface area contributed by atoms with Crippen molar-refractivity contribution in [2.75, 3.05) is 44.4 Å². The number of hydrogen-bond donors (Lipinski definition) is 1. The van der Waals surface area contributed by atoms with Crippen molar-refractivity contribution >= 4 is 35.0 Å². The molecule has 0 radical (unpaired) electrons. The van der Waals surface area contributed by atoms with E-state index < -0.39 is 0 Å². The number of aldehydes is 1. The third kappa shape index (κ3) is 7.47. The zero-order chi connectivity index (χ0) is 26.2. The number of piperidine rings is 1. The molecule has 0 bridgehead atoms. The highest BCUT2D eigenvalue weighted by atomic mass is 32.2. The first-order valence-electron chi connectivity index (χ1n) is 13.0. The maximum Gasteiger partial charge on any atom is 0.129 e. The van der Waals surface area contributed by atoms with E-state index in [1.54, 1.807) is 6.20 Å². The molecule has 8 nitrogen and oxygen atoms in total. The SMILES string of the molecule is CC1CN(c2cccc(-c3ccc4cnc(CC=O)cc4n3)n2)CC(C)O1.CNC1CCCN(SC)C1. The van der Waals surface area contributed by atoms with Crippen molar-refractivity contribution in [1.29, 1.82) is 0 Å². The Labute approximate surface area is 224 Å². The zero-order valence-corrected chi connectivity index (χ0v) is 23.1. The second kappa shape index (κ2) is 13.3. The average molecular weight is 523 g/mol. The molecule has 37 heavy (non-hydrogen) atoms. The van der Waals surface area contributed by atoms with Crippen molar-refractivity contribution < 1.29 is 9.53 Å². The summed E-state index contributed by atoms with van der Waals surface area (Å²) in [4.78, 5) is 26.9. The lowest BCUT2D eigenvalue weighted by atomic mass is 10.1. The lowest BCUT2D eigenvalue weighted by Gasteiger charge is -2.36. The van der Waals surface area contributed by atoms with Crippen LogP contribution in [0.5, 0.6) is 0 Å². The molecule has 0 spiro atoms. The van der Waals surface area contributed by atoms with E-state index in [1.807, 2.05) is 48.3 Å². The van der Waals surface area contributed by atoms with Gasteiger partial charge < -0.3 is 19.7 Å². The Hall–Kier alpha value is -2.59. The van der Waals surface area contributed by atoms with Crippen molar-refractivity contribution in [3.63, 3.8) is 0 Å². The molecule has 3 atom stereocenters. The third-order valence-electron chi connectivity index (χ3n) is 6.71. The van der Waals surface area contributed by atoms with Crippen LogP contribution in [0.25, 0.3) is 22.3 Å². The van der Waals surface area contributed by atoms with Crippen molar-refractivity contribution in [3.8, 4) is 11.4 Å². The van der Waals surface area contributed by atoms with Crippen molar-refractivity contribution in [1.82, 2.24) is 24.6 Å². The number of morpholine rings is 1. The molecule has 0 saturated carbocycles. The molecule has 0 amide bonds. The molecule has 3 aromatic heterocycles. The van der Waals surface area contributed by atoms with Crippen molar-refractivity contribution in [2.24, 2.45) is 0 Å². The molecule has 0 aliphatic carbocycles. The smallest absolute Gasteiger partial charge is 0.129 e. The summed E-state index contributed by atoms with van der Waals surface area (Å²) in [7, 11) is 2.05. The molecule has 2 fully saturated rings. The normalized spacial score (nSPS) is 22.4. The number of anilines is 1. The van der Waals surface area contributed by atoms with Crippen LogP contribution < -0.4 is 10.2 Å². The van der Waals surface area contributed by atoms with Gasteiger partial charge in [0.25, 0.3) is 0 Å². The fourth-order valence-electron chi connectivity index (χ4n) is 4.85. The van der Waals surface area contributed by atoms with Crippen LogP contribution in [0.2, 0.25) is 0 Å². The number of nitrogens with zero attached hydrogens (tertiary/aromatic N) is 5. The predicted octanol–water partition coefficient (Wildman–Crippen LogP) is 4.00. The van der Waals surface area contributed by atoms with Crippen LogP contribution in [0, 0.1) is 0 Å². The van der Waals surface area contributed by atoms with E-state index in [2.05, 4.69) is 46.7 Å². The molecule has 198 valence electrons. The van der Waals surface area contributed by atoms with Gasteiger partial charge in [0.05, 0.1) is 29.1 Å².